The summed E-state index contributed by atoms with van der Waals surface area (Å²) in [5, 5.41) is 4.66. The zero-order chi connectivity index (χ0) is 20.6. The number of rotatable bonds is 8. The number of nitrogens with one attached hydrogen (secondary N) is 2. The van der Waals surface area contributed by atoms with E-state index in [1.54, 1.807) is 42.5 Å². The Balaban J connectivity index is 1.89. The lowest BCUT2D eigenvalue weighted by Crippen LogP contribution is -2.48. The van der Waals surface area contributed by atoms with Gasteiger partial charge in [-0.05, 0) is 18.1 Å². The van der Waals surface area contributed by atoms with Gasteiger partial charge in [0.15, 0.2) is 0 Å². The average Bonchev–Trinajstić information content (AvgIpc) is 2.66. The van der Waals surface area contributed by atoms with Crippen LogP contribution in [0.4, 0.5) is 4.79 Å². The molecule has 4 N–H and O–H groups in total. The van der Waals surface area contributed by atoms with Crippen LogP contribution >= 0.6 is 7.60 Å². The van der Waals surface area contributed by atoms with Crippen molar-refractivity contribution < 1.29 is 28.7 Å². The first kappa shape index (κ1) is 21.6. The van der Waals surface area contributed by atoms with Gasteiger partial charge >= 0.3 is 13.7 Å². The largest absolute Gasteiger partial charge is 0.445 e. The fraction of sp³-hybridized carbons (Fsp3) is 0.263. The van der Waals surface area contributed by atoms with Crippen molar-refractivity contribution in [3.05, 3.63) is 71.8 Å². The van der Waals surface area contributed by atoms with Crippen LogP contribution in [0.25, 0.3) is 0 Å². The van der Waals surface area contributed by atoms with E-state index in [-0.39, 0.29) is 13.0 Å². The molecule has 0 aliphatic carbocycles. The van der Waals surface area contributed by atoms with Gasteiger partial charge in [-0.25, -0.2) is 4.79 Å². The normalized spacial score (nSPS) is 13.2. The van der Waals surface area contributed by atoms with Crippen molar-refractivity contribution in [3.63, 3.8) is 0 Å². The van der Waals surface area contributed by atoms with Crippen LogP contribution in [0.1, 0.15) is 18.1 Å². The maximum atomic E-state index is 12.3. The highest BCUT2D eigenvalue weighted by Gasteiger charge is 2.32. The quantitative estimate of drug-likeness (QED) is 0.498. The summed E-state index contributed by atoms with van der Waals surface area (Å²) in [6.07, 6.45) is -0.843. The summed E-state index contributed by atoms with van der Waals surface area (Å²) in [5.74, 6) is -2.12. The molecule has 0 aliphatic heterocycles. The topological polar surface area (TPSA) is 125 Å². The Hall–Kier alpha value is -2.67. The zero-order valence-electron chi connectivity index (χ0n) is 15.3. The number of ether oxygens (including phenoxy) is 1. The first-order valence-corrected chi connectivity index (χ1v) is 10.3. The van der Waals surface area contributed by atoms with E-state index in [1.165, 1.54) is 6.92 Å². The van der Waals surface area contributed by atoms with Crippen LogP contribution in [0.3, 0.4) is 0 Å². The van der Waals surface area contributed by atoms with E-state index in [0.29, 0.717) is 5.56 Å². The van der Waals surface area contributed by atoms with Crippen molar-refractivity contribution in [2.24, 2.45) is 0 Å². The Morgan fingerprint density at radius 1 is 0.964 bits per heavy atom. The SMILES string of the molecule is C[C@@H](NC(=O)OCc1ccccc1)C(=O)N[C@H](Cc1ccccc1)P(=O)(O)O. The van der Waals surface area contributed by atoms with Crippen molar-refractivity contribution in [1.82, 2.24) is 10.6 Å². The van der Waals surface area contributed by atoms with Crippen LogP contribution in [0.15, 0.2) is 60.7 Å². The highest BCUT2D eigenvalue weighted by atomic mass is 31.2. The van der Waals surface area contributed by atoms with Crippen LogP contribution in [-0.2, 0) is 27.1 Å². The maximum Gasteiger partial charge on any atom is 0.408 e. The lowest BCUT2D eigenvalue weighted by atomic mass is 10.1. The molecule has 2 aromatic rings. The van der Waals surface area contributed by atoms with Crippen LogP contribution in [0.2, 0.25) is 0 Å². The number of carbonyl (C=O) groups excluding carboxylic acids is 2. The number of hydrogen-bond donors (Lipinski definition) is 4. The van der Waals surface area contributed by atoms with E-state index in [0.717, 1.165) is 5.56 Å². The molecular formula is C19H23N2O6P. The van der Waals surface area contributed by atoms with Gasteiger partial charge in [0, 0.05) is 6.42 Å². The molecule has 8 nitrogen and oxygen atoms in total. The lowest BCUT2D eigenvalue weighted by molar-refractivity contribution is -0.123. The van der Waals surface area contributed by atoms with Crippen LogP contribution < -0.4 is 10.6 Å². The van der Waals surface area contributed by atoms with E-state index >= 15 is 0 Å². The molecule has 2 rings (SSSR count). The second kappa shape index (κ2) is 10.0. The van der Waals surface area contributed by atoms with Gasteiger partial charge in [-0.2, -0.15) is 0 Å². The Morgan fingerprint density at radius 3 is 2.04 bits per heavy atom. The van der Waals surface area contributed by atoms with E-state index in [9.17, 15) is 23.9 Å². The first-order chi connectivity index (χ1) is 13.3. The summed E-state index contributed by atoms with van der Waals surface area (Å²) >= 11 is 0. The van der Waals surface area contributed by atoms with Crippen molar-refractivity contribution in [1.29, 1.82) is 0 Å². The monoisotopic (exact) mass is 406 g/mol. The number of benzene rings is 2. The third-order valence-corrected chi connectivity index (χ3v) is 5.05. The summed E-state index contributed by atoms with van der Waals surface area (Å²) in [6, 6.07) is 16.7. The molecular weight excluding hydrogens is 383 g/mol. The molecule has 0 aliphatic rings. The number of carbonyl (C=O) groups is 2. The molecule has 150 valence electrons. The molecule has 2 aromatic carbocycles. The van der Waals surface area contributed by atoms with Crippen LogP contribution in [-0.4, -0.2) is 33.6 Å². The predicted molar refractivity (Wildman–Crippen MR) is 103 cm³/mol. The average molecular weight is 406 g/mol. The molecule has 2 atom stereocenters. The van der Waals surface area contributed by atoms with Gasteiger partial charge in [0.05, 0.1) is 0 Å². The van der Waals surface area contributed by atoms with Gasteiger partial charge in [0.2, 0.25) is 5.91 Å². The van der Waals surface area contributed by atoms with Gasteiger partial charge in [-0.15, -0.1) is 0 Å². The van der Waals surface area contributed by atoms with Gasteiger partial charge in [-0.3, -0.25) is 9.36 Å². The Labute approximate surface area is 163 Å². The van der Waals surface area contributed by atoms with Crippen molar-refractivity contribution in [3.8, 4) is 0 Å². The summed E-state index contributed by atoms with van der Waals surface area (Å²) in [7, 11) is -4.60. The standard InChI is InChI=1S/C19H23N2O6P/c1-14(20-19(23)27-13-16-10-6-3-7-11-16)18(22)21-17(28(24,25)26)12-15-8-4-2-5-9-15/h2-11,14,17H,12-13H2,1H3,(H,20,23)(H,21,22)(H2,24,25,26)/t14-,17+/m1/s1. The molecule has 0 unspecified atom stereocenters. The Bertz CT molecular complexity index is 825. The Kier molecular flexibility index (Phi) is 7.75. The highest BCUT2D eigenvalue weighted by Crippen LogP contribution is 2.41. The number of alkyl carbamates (subject to hydrolysis) is 1. The molecule has 0 aromatic heterocycles. The van der Waals surface area contributed by atoms with Gasteiger partial charge in [0.25, 0.3) is 0 Å². The second-order valence-electron chi connectivity index (χ2n) is 6.23. The number of amides is 2. The summed E-state index contributed by atoms with van der Waals surface area (Å²) < 4.78 is 16.8. The number of hydrogen-bond acceptors (Lipinski definition) is 4. The van der Waals surface area contributed by atoms with Crippen molar-refractivity contribution in [2.45, 2.75) is 31.8 Å². The van der Waals surface area contributed by atoms with Gasteiger partial charge < -0.3 is 25.2 Å². The fourth-order valence-electron chi connectivity index (χ4n) is 2.39. The minimum atomic E-state index is -4.60. The van der Waals surface area contributed by atoms with E-state index in [1.807, 2.05) is 18.2 Å². The highest BCUT2D eigenvalue weighted by molar-refractivity contribution is 7.52. The minimum Gasteiger partial charge on any atom is -0.445 e. The van der Waals surface area contributed by atoms with Crippen LogP contribution in [0, 0.1) is 0 Å². The van der Waals surface area contributed by atoms with Gasteiger partial charge in [0.1, 0.15) is 18.4 Å². The third-order valence-electron chi connectivity index (χ3n) is 3.93. The molecule has 0 heterocycles. The summed E-state index contributed by atoms with van der Waals surface area (Å²) in [5.41, 5.74) is 1.46. The molecule has 0 saturated carbocycles. The fourth-order valence-corrected chi connectivity index (χ4v) is 3.13. The second-order valence-corrected chi connectivity index (χ2v) is 8.03. The molecule has 9 heteroatoms. The predicted octanol–water partition coefficient (Wildman–Crippen LogP) is 2.16. The van der Waals surface area contributed by atoms with E-state index < -0.39 is 31.4 Å². The van der Waals surface area contributed by atoms with Gasteiger partial charge in [-0.1, -0.05) is 60.7 Å². The molecule has 0 bridgehead atoms. The van der Waals surface area contributed by atoms with E-state index in [2.05, 4.69) is 10.6 Å². The molecule has 28 heavy (non-hydrogen) atoms. The lowest BCUT2D eigenvalue weighted by Gasteiger charge is -2.22. The molecule has 0 radical (unpaired) electrons. The maximum absolute atomic E-state index is 12.3. The first-order valence-electron chi connectivity index (χ1n) is 8.62. The summed E-state index contributed by atoms with van der Waals surface area (Å²) in [4.78, 5) is 43.2. The molecule has 0 spiro atoms. The van der Waals surface area contributed by atoms with Crippen molar-refractivity contribution >= 4 is 19.6 Å². The van der Waals surface area contributed by atoms with E-state index in [4.69, 9.17) is 4.74 Å². The Morgan fingerprint density at radius 2 is 1.50 bits per heavy atom. The smallest absolute Gasteiger partial charge is 0.408 e. The zero-order valence-corrected chi connectivity index (χ0v) is 16.2. The molecule has 0 fully saturated rings. The molecule has 0 saturated heterocycles. The molecule has 2 amide bonds. The van der Waals surface area contributed by atoms with Crippen LogP contribution in [0.5, 0.6) is 0 Å². The van der Waals surface area contributed by atoms with Crippen molar-refractivity contribution in [2.75, 3.05) is 0 Å². The summed E-state index contributed by atoms with van der Waals surface area (Å²) in [6.45, 7) is 1.44. The minimum absolute atomic E-state index is 0.0397. The third kappa shape index (κ3) is 7.15.